The van der Waals surface area contributed by atoms with Crippen LogP contribution in [-0.4, -0.2) is 15.0 Å². The second-order valence-electron chi connectivity index (χ2n) is 7.74. The van der Waals surface area contributed by atoms with Gasteiger partial charge in [-0.1, -0.05) is 109 Å². The predicted octanol–water partition coefficient (Wildman–Crippen LogP) is 9.59. The normalized spacial score (nSPS) is 8.70. The van der Waals surface area contributed by atoms with E-state index in [-0.39, 0.29) is 42.4 Å². The van der Waals surface area contributed by atoms with Gasteiger partial charge in [0, 0.05) is 35.3 Å². The molecule has 204 valence electrons. The second-order valence-corrected chi connectivity index (χ2v) is 7.74. The van der Waals surface area contributed by atoms with E-state index in [4.69, 9.17) is 0 Å². The van der Waals surface area contributed by atoms with Gasteiger partial charge in [-0.25, -0.2) is 0 Å². The van der Waals surface area contributed by atoms with Crippen molar-refractivity contribution in [3.05, 3.63) is 186 Å². The van der Waals surface area contributed by atoms with Gasteiger partial charge in [-0.05, 0) is 36.4 Å². The molecule has 0 aliphatic carbocycles. The van der Waals surface area contributed by atoms with Gasteiger partial charge in [0.1, 0.15) is 0 Å². The van der Waals surface area contributed by atoms with Gasteiger partial charge in [0.15, 0.2) is 0 Å². The summed E-state index contributed by atoms with van der Waals surface area (Å²) in [6.45, 7) is 0. The van der Waals surface area contributed by atoms with E-state index in [0.717, 1.165) is 33.8 Å². The molecule has 0 bridgehead atoms. The standard InChI is InChI=1S/3C11H9N.3CH3.Ir/c3*1-2-6-10(7-3-1)11-8-4-5-9-12-11;;;;/h3*1-9H;3*1H3;/q;;;3*-1;+3. The average molecular weight is 703 g/mol. The van der Waals surface area contributed by atoms with E-state index < -0.39 is 0 Å². The van der Waals surface area contributed by atoms with Crippen LogP contribution in [0.5, 0.6) is 0 Å². The summed E-state index contributed by atoms with van der Waals surface area (Å²) in [5, 5.41) is 0. The molecule has 0 aliphatic heterocycles. The van der Waals surface area contributed by atoms with Crippen molar-refractivity contribution in [1.29, 1.82) is 0 Å². The number of benzene rings is 3. The zero-order valence-electron chi connectivity index (χ0n) is 23.3. The molecule has 6 rings (SSSR count). The van der Waals surface area contributed by atoms with E-state index in [1.54, 1.807) is 0 Å². The van der Waals surface area contributed by atoms with Crippen molar-refractivity contribution in [2.45, 2.75) is 0 Å². The Balaban J connectivity index is 0.000000543. The van der Waals surface area contributed by atoms with Crippen molar-refractivity contribution in [1.82, 2.24) is 15.0 Å². The van der Waals surface area contributed by atoms with Gasteiger partial charge in [0.2, 0.25) is 0 Å². The molecule has 3 aromatic carbocycles. The van der Waals surface area contributed by atoms with Crippen LogP contribution in [0.2, 0.25) is 0 Å². The third-order valence-corrected chi connectivity index (χ3v) is 5.20. The van der Waals surface area contributed by atoms with Crippen molar-refractivity contribution in [2.24, 2.45) is 0 Å². The predicted molar refractivity (Wildman–Crippen MR) is 168 cm³/mol. The summed E-state index contributed by atoms with van der Waals surface area (Å²) in [7, 11) is 0. The smallest absolute Gasteiger partial charge is 0.358 e. The fourth-order valence-corrected chi connectivity index (χ4v) is 3.43. The van der Waals surface area contributed by atoms with E-state index >= 15 is 0 Å². The molecule has 6 aromatic rings. The minimum absolute atomic E-state index is 0. The Bertz CT molecular complexity index is 1090. The summed E-state index contributed by atoms with van der Waals surface area (Å²) >= 11 is 0. The number of hydrogen-bond donors (Lipinski definition) is 0. The summed E-state index contributed by atoms with van der Waals surface area (Å²) in [4.78, 5) is 12.7. The summed E-state index contributed by atoms with van der Waals surface area (Å²) in [6.07, 6.45) is 5.42. The van der Waals surface area contributed by atoms with E-state index in [9.17, 15) is 0 Å². The van der Waals surface area contributed by atoms with Crippen LogP contribution in [0.25, 0.3) is 33.8 Å². The number of nitrogens with zero attached hydrogens (tertiary/aromatic N) is 3. The van der Waals surface area contributed by atoms with Gasteiger partial charge >= 0.3 is 20.1 Å². The maximum Gasteiger partial charge on any atom is 3.00 e. The van der Waals surface area contributed by atoms with Crippen LogP contribution in [0.1, 0.15) is 0 Å². The molecule has 3 nitrogen and oxygen atoms in total. The molecule has 4 heteroatoms. The Kier molecular flexibility index (Phi) is 18.5. The SMILES string of the molecule is [CH3-].[CH3-].[CH3-].[Ir+3].c1ccc(-c2ccccn2)cc1.c1ccc(-c2ccccn2)cc1.c1ccc(-c2ccccn2)cc1. The van der Waals surface area contributed by atoms with Crippen LogP contribution >= 0.6 is 0 Å². The number of hydrogen-bond acceptors (Lipinski definition) is 3. The third kappa shape index (κ3) is 11.7. The molecule has 0 spiro atoms. The molecule has 0 radical (unpaired) electrons. The van der Waals surface area contributed by atoms with Gasteiger partial charge in [-0.3, -0.25) is 15.0 Å². The minimum Gasteiger partial charge on any atom is -0.358 e. The fraction of sp³-hybridized carbons (Fsp3) is 0. The van der Waals surface area contributed by atoms with Gasteiger partial charge in [0.25, 0.3) is 0 Å². The Morgan fingerprint density at radius 2 is 0.500 bits per heavy atom. The first-order valence-corrected chi connectivity index (χ1v) is 11.8. The Labute approximate surface area is 254 Å². The van der Waals surface area contributed by atoms with Crippen molar-refractivity contribution in [3.8, 4) is 33.8 Å². The first-order valence-electron chi connectivity index (χ1n) is 11.8. The fourth-order valence-electron chi connectivity index (χ4n) is 3.43. The number of rotatable bonds is 3. The Morgan fingerprint density at radius 1 is 0.275 bits per heavy atom. The molecular formula is C36H36IrN3. The maximum atomic E-state index is 4.25. The van der Waals surface area contributed by atoms with Crippen LogP contribution in [0.4, 0.5) is 0 Å². The van der Waals surface area contributed by atoms with Crippen LogP contribution in [-0.2, 0) is 20.1 Å². The largest absolute Gasteiger partial charge is 3.00 e. The van der Waals surface area contributed by atoms with Crippen molar-refractivity contribution < 1.29 is 20.1 Å². The summed E-state index contributed by atoms with van der Waals surface area (Å²) in [5.41, 5.74) is 6.57. The summed E-state index contributed by atoms with van der Waals surface area (Å²) in [5.74, 6) is 0. The molecule has 3 aromatic heterocycles. The Morgan fingerprint density at radius 3 is 0.700 bits per heavy atom. The van der Waals surface area contributed by atoms with Gasteiger partial charge < -0.3 is 22.3 Å². The Hall–Kier alpha value is -4.24. The van der Waals surface area contributed by atoms with E-state index in [1.165, 1.54) is 0 Å². The molecule has 3 heterocycles. The average Bonchev–Trinajstić information content (AvgIpc) is 3.01. The molecule has 0 aliphatic rings. The first kappa shape index (κ1) is 35.8. The zero-order valence-corrected chi connectivity index (χ0v) is 25.7. The summed E-state index contributed by atoms with van der Waals surface area (Å²) < 4.78 is 0. The second kappa shape index (κ2) is 20.7. The van der Waals surface area contributed by atoms with E-state index in [0.29, 0.717) is 0 Å². The van der Waals surface area contributed by atoms with Crippen LogP contribution in [0.3, 0.4) is 0 Å². The molecule has 0 saturated carbocycles. The molecule has 0 N–H and O–H groups in total. The molecule has 0 unspecified atom stereocenters. The van der Waals surface area contributed by atoms with Crippen molar-refractivity contribution in [3.63, 3.8) is 0 Å². The summed E-state index contributed by atoms with van der Waals surface area (Å²) in [6, 6.07) is 48.3. The topological polar surface area (TPSA) is 38.7 Å². The quantitative estimate of drug-likeness (QED) is 0.173. The van der Waals surface area contributed by atoms with Crippen molar-refractivity contribution >= 4 is 0 Å². The minimum atomic E-state index is 0. The van der Waals surface area contributed by atoms with Crippen LogP contribution in [0.15, 0.2) is 164 Å². The van der Waals surface area contributed by atoms with Gasteiger partial charge in [-0.15, -0.1) is 0 Å². The first-order chi connectivity index (χ1) is 17.9. The van der Waals surface area contributed by atoms with Gasteiger partial charge in [0.05, 0.1) is 17.1 Å². The van der Waals surface area contributed by atoms with Crippen LogP contribution < -0.4 is 0 Å². The van der Waals surface area contributed by atoms with Gasteiger partial charge in [-0.2, -0.15) is 0 Å². The number of aromatic nitrogens is 3. The molecule has 0 atom stereocenters. The molecule has 40 heavy (non-hydrogen) atoms. The third-order valence-electron chi connectivity index (χ3n) is 5.20. The van der Waals surface area contributed by atoms with Crippen LogP contribution in [0, 0.1) is 22.3 Å². The molecule has 0 amide bonds. The van der Waals surface area contributed by atoms with E-state index in [1.807, 2.05) is 128 Å². The molecule has 0 saturated heterocycles. The monoisotopic (exact) mass is 703 g/mol. The molecular weight excluding hydrogens is 667 g/mol. The van der Waals surface area contributed by atoms with Crippen molar-refractivity contribution in [2.75, 3.05) is 0 Å². The number of pyridine rings is 3. The zero-order chi connectivity index (χ0) is 24.7. The maximum absolute atomic E-state index is 4.25. The van der Waals surface area contributed by atoms with E-state index in [2.05, 4.69) is 51.4 Å². The molecule has 0 fully saturated rings.